The SMILES string of the molecule is C=CCOc1ccc(/C=N\NC(=O)CN(c2cccc(Cl)c2)S(=O)(=O)c2ccc(OC)cc2)cc1OCC. The first-order chi connectivity index (χ1) is 18.3. The van der Waals surface area contributed by atoms with E-state index in [4.69, 9.17) is 25.8 Å². The molecule has 0 aromatic heterocycles. The van der Waals surface area contributed by atoms with Crippen LogP contribution in [0.1, 0.15) is 12.5 Å². The molecular formula is C27H28ClN3O6S. The zero-order valence-corrected chi connectivity index (χ0v) is 22.5. The summed E-state index contributed by atoms with van der Waals surface area (Å²) >= 11 is 6.10. The lowest BCUT2D eigenvalue weighted by atomic mass is 10.2. The van der Waals surface area contributed by atoms with Crippen LogP contribution in [0.4, 0.5) is 5.69 Å². The number of ether oxygens (including phenoxy) is 3. The zero-order valence-electron chi connectivity index (χ0n) is 21.0. The summed E-state index contributed by atoms with van der Waals surface area (Å²) in [6, 6.07) is 17.3. The Labute approximate surface area is 227 Å². The summed E-state index contributed by atoms with van der Waals surface area (Å²) in [6.45, 7) is 5.70. The van der Waals surface area contributed by atoms with E-state index < -0.39 is 22.5 Å². The number of carbonyl (C=O) groups excluding carboxylic acids is 1. The highest BCUT2D eigenvalue weighted by Crippen LogP contribution is 2.29. The van der Waals surface area contributed by atoms with Crippen LogP contribution in [0, 0.1) is 0 Å². The van der Waals surface area contributed by atoms with E-state index >= 15 is 0 Å². The largest absolute Gasteiger partial charge is 0.497 e. The van der Waals surface area contributed by atoms with Crippen LogP contribution in [0.25, 0.3) is 0 Å². The van der Waals surface area contributed by atoms with Gasteiger partial charge in [0.1, 0.15) is 18.9 Å². The minimum atomic E-state index is -4.12. The Balaban J connectivity index is 1.79. The first-order valence-electron chi connectivity index (χ1n) is 11.5. The Morgan fingerprint density at radius 3 is 2.50 bits per heavy atom. The monoisotopic (exact) mass is 557 g/mol. The van der Waals surface area contributed by atoms with Gasteiger partial charge in [-0.15, -0.1) is 0 Å². The minimum absolute atomic E-state index is 0.0169. The van der Waals surface area contributed by atoms with Crippen LogP contribution in [-0.4, -0.2) is 47.4 Å². The number of rotatable bonds is 13. The number of amides is 1. The molecule has 38 heavy (non-hydrogen) atoms. The van der Waals surface area contributed by atoms with Gasteiger partial charge < -0.3 is 14.2 Å². The normalized spacial score (nSPS) is 11.1. The van der Waals surface area contributed by atoms with E-state index in [1.807, 2.05) is 6.92 Å². The number of benzene rings is 3. The van der Waals surface area contributed by atoms with E-state index in [-0.39, 0.29) is 10.6 Å². The highest BCUT2D eigenvalue weighted by Gasteiger charge is 2.27. The van der Waals surface area contributed by atoms with Crippen molar-refractivity contribution in [1.29, 1.82) is 0 Å². The first kappa shape index (κ1) is 28.5. The lowest BCUT2D eigenvalue weighted by molar-refractivity contribution is -0.119. The van der Waals surface area contributed by atoms with Gasteiger partial charge in [0.05, 0.1) is 30.5 Å². The van der Waals surface area contributed by atoms with Crippen molar-refractivity contribution in [2.75, 3.05) is 31.2 Å². The van der Waals surface area contributed by atoms with E-state index in [1.54, 1.807) is 42.5 Å². The molecule has 0 aliphatic rings. The maximum atomic E-state index is 13.5. The zero-order chi connectivity index (χ0) is 27.5. The van der Waals surface area contributed by atoms with Gasteiger partial charge in [-0.25, -0.2) is 13.8 Å². The third-order valence-corrected chi connectivity index (χ3v) is 7.08. The topological polar surface area (TPSA) is 107 Å². The van der Waals surface area contributed by atoms with Crippen molar-refractivity contribution in [1.82, 2.24) is 5.43 Å². The smallest absolute Gasteiger partial charge is 0.264 e. The average Bonchev–Trinajstić information content (AvgIpc) is 2.91. The number of halogens is 1. The van der Waals surface area contributed by atoms with Crippen molar-refractivity contribution in [2.24, 2.45) is 5.10 Å². The standard InChI is InChI=1S/C27H28ClN3O6S/c1-4-15-37-25-14-9-20(16-26(25)36-5-2)18-29-30-27(32)19-31(22-8-6-7-21(28)17-22)38(33,34)24-12-10-23(35-3)11-13-24/h4,6-14,16-18H,1,5,15,19H2,2-3H3,(H,30,32)/b29-18-. The lowest BCUT2D eigenvalue weighted by Crippen LogP contribution is -2.39. The van der Waals surface area contributed by atoms with Crippen molar-refractivity contribution < 1.29 is 27.4 Å². The molecule has 1 N–H and O–H groups in total. The van der Waals surface area contributed by atoms with Gasteiger partial charge in [0.15, 0.2) is 11.5 Å². The molecule has 3 rings (SSSR count). The lowest BCUT2D eigenvalue weighted by Gasteiger charge is -2.24. The predicted octanol–water partition coefficient (Wildman–Crippen LogP) is 4.66. The number of carbonyl (C=O) groups is 1. The van der Waals surface area contributed by atoms with Crippen LogP contribution >= 0.6 is 11.6 Å². The maximum absolute atomic E-state index is 13.5. The Morgan fingerprint density at radius 1 is 1.08 bits per heavy atom. The summed E-state index contributed by atoms with van der Waals surface area (Å²) in [6.07, 6.45) is 3.04. The second-order valence-electron chi connectivity index (χ2n) is 7.70. The molecule has 0 bridgehead atoms. The van der Waals surface area contributed by atoms with Crippen LogP contribution in [0.15, 0.2) is 89.4 Å². The average molecular weight is 558 g/mol. The summed E-state index contributed by atoms with van der Waals surface area (Å²) in [7, 11) is -2.64. The van der Waals surface area contributed by atoms with Crippen molar-refractivity contribution in [3.63, 3.8) is 0 Å². The third-order valence-electron chi connectivity index (χ3n) is 5.06. The number of hydrazone groups is 1. The van der Waals surface area contributed by atoms with E-state index in [9.17, 15) is 13.2 Å². The van der Waals surface area contributed by atoms with Gasteiger partial charge in [0.25, 0.3) is 15.9 Å². The number of methoxy groups -OCH3 is 1. The van der Waals surface area contributed by atoms with Gasteiger partial charge >= 0.3 is 0 Å². The fourth-order valence-electron chi connectivity index (χ4n) is 3.31. The summed E-state index contributed by atoms with van der Waals surface area (Å²) in [5, 5.41) is 4.30. The molecule has 0 saturated carbocycles. The maximum Gasteiger partial charge on any atom is 0.264 e. The summed E-state index contributed by atoms with van der Waals surface area (Å²) < 4.78 is 44.2. The highest BCUT2D eigenvalue weighted by atomic mass is 35.5. The molecule has 0 aliphatic heterocycles. The number of nitrogens with zero attached hydrogens (tertiary/aromatic N) is 2. The molecule has 0 radical (unpaired) electrons. The highest BCUT2D eigenvalue weighted by molar-refractivity contribution is 7.92. The van der Waals surface area contributed by atoms with Gasteiger partial charge in [0, 0.05) is 5.02 Å². The fraction of sp³-hybridized carbons (Fsp3) is 0.185. The summed E-state index contributed by atoms with van der Waals surface area (Å²) in [5.74, 6) is 0.906. The van der Waals surface area contributed by atoms with Crippen LogP contribution in [0.2, 0.25) is 5.02 Å². The van der Waals surface area contributed by atoms with Crippen LogP contribution < -0.4 is 23.9 Å². The second-order valence-corrected chi connectivity index (χ2v) is 10.00. The molecule has 0 saturated heterocycles. The van der Waals surface area contributed by atoms with Crippen LogP contribution in [-0.2, 0) is 14.8 Å². The molecule has 0 unspecified atom stereocenters. The number of anilines is 1. The van der Waals surface area contributed by atoms with Gasteiger partial charge in [-0.2, -0.15) is 5.10 Å². The van der Waals surface area contributed by atoms with E-state index in [0.29, 0.717) is 41.0 Å². The van der Waals surface area contributed by atoms with Crippen LogP contribution in [0.3, 0.4) is 0 Å². The van der Waals surface area contributed by atoms with Crippen molar-refractivity contribution >= 4 is 39.4 Å². The van der Waals surface area contributed by atoms with Gasteiger partial charge in [0.2, 0.25) is 0 Å². The summed E-state index contributed by atoms with van der Waals surface area (Å²) in [5.41, 5.74) is 3.24. The van der Waals surface area contributed by atoms with E-state index in [0.717, 1.165) is 4.31 Å². The molecule has 0 fully saturated rings. The Bertz CT molecular complexity index is 1390. The van der Waals surface area contributed by atoms with Gasteiger partial charge in [-0.3, -0.25) is 9.10 Å². The molecule has 3 aromatic rings. The summed E-state index contributed by atoms with van der Waals surface area (Å²) in [4.78, 5) is 12.8. The molecular weight excluding hydrogens is 530 g/mol. The van der Waals surface area contributed by atoms with Gasteiger partial charge in [-0.05, 0) is 73.2 Å². The molecule has 1 amide bonds. The molecule has 0 heterocycles. The number of nitrogens with one attached hydrogen (secondary N) is 1. The quantitative estimate of drug-likeness (QED) is 0.186. The Kier molecular flexibility index (Phi) is 10.1. The van der Waals surface area contributed by atoms with Crippen molar-refractivity contribution in [3.05, 3.63) is 90.0 Å². The molecule has 0 aliphatic carbocycles. The number of hydrogen-bond donors (Lipinski definition) is 1. The van der Waals surface area contributed by atoms with E-state index in [1.165, 1.54) is 43.7 Å². The molecule has 0 atom stereocenters. The minimum Gasteiger partial charge on any atom is -0.497 e. The predicted molar refractivity (Wildman–Crippen MR) is 148 cm³/mol. The molecule has 9 nitrogen and oxygen atoms in total. The van der Waals surface area contributed by atoms with E-state index in [2.05, 4.69) is 17.1 Å². The third kappa shape index (κ3) is 7.50. The fourth-order valence-corrected chi connectivity index (χ4v) is 4.90. The second kappa shape index (κ2) is 13.5. The van der Waals surface area contributed by atoms with Crippen molar-refractivity contribution in [3.8, 4) is 17.2 Å². The van der Waals surface area contributed by atoms with Gasteiger partial charge in [-0.1, -0.05) is 30.3 Å². The molecule has 200 valence electrons. The Hall–Kier alpha value is -4.02. The van der Waals surface area contributed by atoms with Crippen LogP contribution in [0.5, 0.6) is 17.2 Å². The molecule has 0 spiro atoms. The number of sulfonamides is 1. The van der Waals surface area contributed by atoms with Crippen molar-refractivity contribution in [2.45, 2.75) is 11.8 Å². The first-order valence-corrected chi connectivity index (χ1v) is 13.3. The molecule has 11 heteroatoms. The Morgan fingerprint density at radius 2 is 1.84 bits per heavy atom. The number of hydrogen-bond acceptors (Lipinski definition) is 7. The molecule has 3 aromatic carbocycles.